The van der Waals surface area contributed by atoms with E-state index in [1.54, 1.807) is 0 Å². The maximum absolute atomic E-state index is 2.48. The number of rotatable bonds is 4. The van der Waals surface area contributed by atoms with Gasteiger partial charge >= 0.3 is 0 Å². The van der Waals surface area contributed by atoms with Crippen molar-refractivity contribution < 1.29 is 0 Å². The van der Waals surface area contributed by atoms with Crippen LogP contribution in [-0.2, 0) is 5.41 Å². The van der Waals surface area contributed by atoms with Crippen LogP contribution in [0.3, 0.4) is 0 Å². The van der Waals surface area contributed by atoms with E-state index < -0.39 is 0 Å². The molecule has 0 spiro atoms. The van der Waals surface area contributed by atoms with Gasteiger partial charge in [-0.15, -0.1) is 0 Å². The normalized spacial score (nSPS) is 13.3. The fourth-order valence-corrected chi connectivity index (χ4v) is 6.83. The summed E-state index contributed by atoms with van der Waals surface area (Å²) in [5.41, 5.74) is 12.3. The van der Waals surface area contributed by atoms with E-state index in [-0.39, 0.29) is 5.41 Å². The Labute approximate surface area is 240 Å². The molecule has 1 aliphatic rings. The fourth-order valence-electron chi connectivity index (χ4n) is 6.83. The second-order valence-electron chi connectivity index (χ2n) is 11.4. The summed E-state index contributed by atoms with van der Waals surface area (Å²) in [5, 5.41) is 2.57. The third-order valence-electron chi connectivity index (χ3n) is 8.76. The van der Waals surface area contributed by atoms with Gasteiger partial charge in [-0.05, 0) is 59.2 Å². The molecule has 6 aromatic carbocycles. The molecule has 0 amide bonds. The van der Waals surface area contributed by atoms with Gasteiger partial charge in [-0.2, -0.15) is 0 Å². The van der Waals surface area contributed by atoms with Crippen LogP contribution in [0.2, 0.25) is 0 Å². The maximum Gasteiger partial charge on any atom is 0.0582 e. The van der Waals surface area contributed by atoms with Crippen molar-refractivity contribution >= 4 is 38.9 Å². The molecule has 0 radical (unpaired) electrons. The average Bonchev–Trinajstić information content (AvgIpc) is 3.36. The molecule has 2 nitrogen and oxygen atoms in total. The molecule has 0 unspecified atom stereocenters. The zero-order valence-corrected chi connectivity index (χ0v) is 23.3. The van der Waals surface area contributed by atoms with E-state index >= 15 is 0 Å². The molecule has 0 saturated carbocycles. The van der Waals surface area contributed by atoms with Gasteiger partial charge in [-0.3, -0.25) is 0 Å². The van der Waals surface area contributed by atoms with Crippen molar-refractivity contribution in [2.75, 3.05) is 4.90 Å². The van der Waals surface area contributed by atoms with E-state index in [1.165, 1.54) is 49.7 Å². The Morgan fingerprint density at radius 3 is 2.05 bits per heavy atom. The Balaban J connectivity index is 1.42. The minimum absolute atomic E-state index is 0.0754. The number of fused-ring (bicyclic) bond motifs is 5. The molecule has 0 N–H and O–H groups in total. The van der Waals surface area contributed by atoms with Gasteiger partial charge in [-0.1, -0.05) is 117 Å². The molecule has 2 heterocycles. The van der Waals surface area contributed by atoms with E-state index in [0.717, 1.165) is 17.1 Å². The molecule has 196 valence electrons. The molecular weight excluding hydrogens is 496 g/mol. The number of hydrogen-bond acceptors (Lipinski definition) is 1. The third kappa shape index (κ3) is 3.50. The predicted octanol–water partition coefficient (Wildman–Crippen LogP) is 10.6. The highest BCUT2D eigenvalue weighted by Crippen LogP contribution is 2.49. The first-order valence-electron chi connectivity index (χ1n) is 14.3. The monoisotopic (exact) mass is 526 g/mol. The number of aromatic nitrogens is 1. The van der Waals surface area contributed by atoms with E-state index in [9.17, 15) is 0 Å². The van der Waals surface area contributed by atoms with Crippen LogP contribution in [0.1, 0.15) is 25.0 Å². The molecule has 0 fully saturated rings. The van der Waals surface area contributed by atoms with Crippen LogP contribution in [0.5, 0.6) is 0 Å². The third-order valence-corrected chi connectivity index (χ3v) is 8.76. The van der Waals surface area contributed by atoms with Gasteiger partial charge in [0.25, 0.3) is 0 Å². The molecule has 41 heavy (non-hydrogen) atoms. The van der Waals surface area contributed by atoms with Crippen LogP contribution in [0.4, 0.5) is 17.1 Å². The molecule has 1 aliphatic heterocycles. The molecule has 0 aliphatic carbocycles. The van der Waals surface area contributed by atoms with E-state index in [4.69, 9.17) is 0 Å². The highest BCUT2D eigenvalue weighted by molar-refractivity contribution is 6.13. The lowest BCUT2D eigenvalue weighted by atomic mass is 9.75. The number of nitrogens with zero attached hydrogens (tertiary/aromatic N) is 2. The Kier molecular flexibility index (Phi) is 5.20. The van der Waals surface area contributed by atoms with Crippen LogP contribution in [0.15, 0.2) is 146 Å². The second-order valence-corrected chi connectivity index (χ2v) is 11.4. The molecule has 1 aromatic heterocycles. The van der Waals surface area contributed by atoms with Crippen molar-refractivity contribution in [3.05, 3.63) is 157 Å². The summed E-state index contributed by atoms with van der Waals surface area (Å²) in [6.07, 6.45) is 0. The van der Waals surface area contributed by atoms with Crippen molar-refractivity contribution in [3.8, 4) is 16.8 Å². The largest absolute Gasteiger partial charge is 0.310 e. The lowest BCUT2D eigenvalue weighted by molar-refractivity contribution is 0.630. The predicted molar refractivity (Wildman–Crippen MR) is 173 cm³/mol. The Hall–Kier alpha value is -5.08. The van der Waals surface area contributed by atoms with Gasteiger partial charge in [0.2, 0.25) is 0 Å². The first-order valence-corrected chi connectivity index (χ1v) is 14.3. The van der Waals surface area contributed by atoms with Crippen LogP contribution in [-0.4, -0.2) is 4.57 Å². The summed E-state index contributed by atoms with van der Waals surface area (Å²) < 4.78 is 2.48. The van der Waals surface area contributed by atoms with Crippen molar-refractivity contribution in [2.24, 2.45) is 0 Å². The van der Waals surface area contributed by atoms with E-state index in [2.05, 4.69) is 169 Å². The van der Waals surface area contributed by atoms with E-state index in [0.29, 0.717) is 0 Å². The Morgan fingerprint density at radius 2 is 1.22 bits per heavy atom. The maximum atomic E-state index is 2.48. The lowest BCUT2D eigenvalue weighted by Crippen LogP contribution is -2.26. The number of anilines is 3. The van der Waals surface area contributed by atoms with Crippen LogP contribution >= 0.6 is 0 Å². The topological polar surface area (TPSA) is 8.17 Å². The fraction of sp³-hybridized carbons (Fsp3) is 0.0769. The van der Waals surface area contributed by atoms with Gasteiger partial charge < -0.3 is 9.47 Å². The van der Waals surface area contributed by atoms with Crippen molar-refractivity contribution in [1.29, 1.82) is 0 Å². The molecule has 8 rings (SSSR count). The summed E-state index contributed by atoms with van der Waals surface area (Å²) in [5.74, 6) is 0. The van der Waals surface area contributed by atoms with Crippen molar-refractivity contribution in [3.63, 3.8) is 0 Å². The standard InChI is InChI=1S/C39H30N2/c1-39(2)33-20-10-12-23-37(33)41-36-25-24-29(26-32(36)31-19-13-21-34(39)38(31)41)40(28-16-7-4-8-17-28)35-22-11-9-18-30(35)27-14-5-3-6-15-27/h3-26H,1-2H3. The summed E-state index contributed by atoms with van der Waals surface area (Å²) in [6, 6.07) is 52.8. The zero-order valence-electron chi connectivity index (χ0n) is 23.3. The molecule has 0 saturated heterocycles. The minimum Gasteiger partial charge on any atom is -0.310 e. The van der Waals surface area contributed by atoms with E-state index in [1.807, 2.05) is 0 Å². The SMILES string of the molecule is CC1(C)c2ccccc2-n2c3ccc(N(c4ccccc4)c4ccccc4-c4ccccc4)cc3c3cccc1c32. The molecule has 0 bridgehead atoms. The van der Waals surface area contributed by atoms with Gasteiger partial charge in [-0.25, -0.2) is 0 Å². The molecular formula is C39H30N2. The minimum atomic E-state index is -0.0754. The van der Waals surface area contributed by atoms with Crippen LogP contribution in [0, 0.1) is 0 Å². The average molecular weight is 527 g/mol. The molecule has 7 aromatic rings. The number of para-hydroxylation sites is 4. The first kappa shape index (κ1) is 23.8. The number of hydrogen-bond donors (Lipinski definition) is 0. The smallest absolute Gasteiger partial charge is 0.0582 e. The summed E-state index contributed by atoms with van der Waals surface area (Å²) in [7, 11) is 0. The number of benzene rings is 6. The Bertz CT molecular complexity index is 2070. The highest BCUT2D eigenvalue weighted by Gasteiger charge is 2.34. The highest BCUT2D eigenvalue weighted by atomic mass is 15.1. The summed E-state index contributed by atoms with van der Waals surface area (Å²) >= 11 is 0. The Morgan fingerprint density at radius 1 is 0.537 bits per heavy atom. The first-order chi connectivity index (χ1) is 20.1. The zero-order chi connectivity index (χ0) is 27.6. The van der Waals surface area contributed by atoms with Crippen molar-refractivity contribution in [1.82, 2.24) is 4.57 Å². The second kappa shape index (κ2) is 8.97. The van der Waals surface area contributed by atoms with Crippen LogP contribution in [0.25, 0.3) is 38.6 Å². The molecule has 0 atom stereocenters. The van der Waals surface area contributed by atoms with Gasteiger partial charge in [0, 0.05) is 33.1 Å². The van der Waals surface area contributed by atoms with Crippen LogP contribution < -0.4 is 4.90 Å². The lowest BCUT2D eigenvalue weighted by Gasteiger charge is -2.34. The van der Waals surface area contributed by atoms with Gasteiger partial charge in [0.05, 0.1) is 22.4 Å². The quantitative estimate of drug-likeness (QED) is 0.221. The van der Waals surface area contributed by atoms with Gasteiger partial charge in [0.1, 0.15) is 0 Å². The summed E-state index contributed by atoms with van der Waals surface area (Å²) in [6.45, 7) is 4.70. The van der Waals surface area contributed by atoms with Crippen molar-refractivity contribution in [2.45, 2.75) is 19.3 Å². The summed E-state index contributed by atoms with van der Waals surface area (Å²) in [4.78, 5) is 2.40. The molecule has 2 heteroatoms. The van der Waals surface area contributed by atoms with Gasteiger partial charge in [0.15, 0.2) is 0 Å².